The van der Waals surface area contributed by atoms with Gasteiger partial charge in [-0.2, -0.15) is 5.10 Å². The van der Waals surface area contributed by atoms with Gasteiger partial charge in [-0.15, -0.1) is 0 Å². The lowest BCUT2D eigenvalue weighted by atomic mass is 10.2. The number of nitro groups is 1. The van der Waals surface area contributed by atoms with Gasteiger partial charge in [-0.1, -0.05) is 30.3 Å². The van der Waals surface area contributed by atoms with Gasteiger partial charge in [0.25, 0.3) is 0 Å². The summed E-state index contributed by atoms with van der Waals surface area (Å²) in [4.78, 5) is 10.4. The summed E-state index contributed by atoms with van der Waals surface area (Å²) in [6.07, 6.45) is 0. The molecule has 0 aliphatic rings. The van der Waals surface area contributed by atoms with Gasteiger partial charge in [0.2, 0.25) is 5.82 Å². The molecule has 0 radical (unpaired) electrons. The topological polar surface area (TPSA) is 83.8 Å². The first-order chi connectivity index (χ1) is 8.18. The van der Waals surface area contributed by atoms with Gasteiger partial charge in [0.1, 0.15) is 5.69 Å². The Kier molecular flexibility index (Phi) is 3.04. The summed E-state index contributed by atoms with van der Waals surface area (Å²) in [5.74, 6) is 0.274. The highest BCUT2D eigenvalue weighted by molar-refractivity contribution is 5.58. The SMILES string of the molecule is Cc1[nH]nc(NCc2ccccc2)c1[N+](=O)[O-]. The van der Waals surface area contributed by atoms with Crippen LogP contribution in [0, 0.1) is 17.0 Å². The molecule has 1 heterocycles. The smallest absolute Gasteiger partial charge is 0.333 e. The molecule has 0 amide bonds. The quantitative estimate of drug-likeness (QED) is 0.625. The molecule has 0 aliphatic heterocycles. The number of nitrogens with one attached hydrogen (secondary N) is 2. The predicted molar refractivity (Wildman–Crippen MR) is 63.7 cm³/mol. The van der Waals surface area contributed by atoms with Crippen LogP contribution >= 0.6 is 0 Å². The minimum absolute atomic E-state index is 0.000862. The molecule has 88 valence electrons. The molecule has 17 heavy (non-hydrogen) atoms. The van der Waals surface area contributed by atoms with Crippen molar-refractivity contribution in [3.05, 3.63) is 51.7 Å². The third-order valence-electron chi connectivity index (χ3n) is 2.40. The summed E-state index contributed by atoms with van der Waals surface area (Å²) in [7, 11) is 0. The molecule has 2 N–H and O–H groups in total. The van der Waals surface area contributed by atoms with E-state index in [9.17, 15) is 10.1 Å². The van der Waals surface area contributed by atoms with Crippen LogP contribution < -0.4 is 5.32 Å². The van der Waals surface area contributed by atoms with E-state index in [1.165, 1.54) is 0 Å². The van der Waals surface area contributed by atoms with Crippen LogP contribution in [0.15, 0.2) is 30.3 Å². The minimum Gasteiger partial charge on any atom is -0.359 e. The Hall–Kier alpha value is -2.37. The van der Waals surface area contributed by atoms with Crippen molar-refractivity contribution in [2.75, 3.05) is 5.32 Å². The number of aromatic nitrogens is 2. The number of aromatic amines is 1. The van der Waals surface area contributed by atoms with Crippen LogP contribution in [0.4, 0.5) is 11.5 Å². The average molecular weight is 232 g/mol. The average Bonchev–Trinajstić information content (AvgIpc) is 2.69. The van der Waals surface area contributed by atoms with Crippen LogP contribution in [0.25, 0.3) is 0 Å². The summed E-state index contributed by atoms with van der Waals surface area (Å²) in [6, 6.07) is 9.64. The van der Waals surface area contributed by atoms with Crippen molar-refractivity contribution >= 4 is 11.5 Å². The molecular weight excluding hydrogens is 220 g/mol. The molecule has 0 aliphatic carbocycles. The van der Waals surface area contributed by atoms with Crippen LogP contribution in [0.3, 0.4) is 0 Å². The largest absolute Gasteiger partial charge is 0.359 e. The van der Waals surface area contributed by atoms with Crippen molar-refractivity contribution in [3.63, 3.8) is 0 Å². The Bertz CT molecular complexity index is 522. The molecule has 0 unspecified atom stereocenters. The van der Waals surface area contributed by atoms with E-state index in [1.54, 1.807) is 6.92 Å². The van der Waals surface area contributed by atoms with Crippen molar-refractivity contribution in [3.8, 4) is 0 Å². The molecule has 6 nitrogen and oxygen atoms in total. The van der Waals surface area contributed by atoms with Crippen molar-refractivity contribution in [1.82, 2.24) is 10.2 Å². The fourth-order valence-corrected chi connectivity index (χ4v) is 1.55. The fraction of sp³-hybridized carbons (Fsp3) is 0.182. The Balaban J connectivity index is 2.12. The molecule has 0 fully saturated rings. The second-order valence-electron chi connectivity index (χ2n) is 3.64. The molecular formula is C11H12N4O2. The Morgan fingerprint density at radius 3 is 2.76 bits per heavy atom. The monoisotopic (exact) mass is 232 g/mol. The van der Waals surface area contributed by atoms with Gasteiger partial charge in [0.05, 0.1) is 4.92 Å². The molecule has 0 spiro atoms. The highest BCUT2D eigenvalue weighted by Crippen LogP contribution is 2.25. The van der Waals surface area contributed by atoms with Crippen LogP contribution in [-0.4, -0.2) is 15.1 Å². The molecule has 1 aromatic heterocycles. The minimum atomic E-state index is -0.438. The third-order valence-corrected chi connectivity index (χ3v) is 2.40. The molecule has 2 rings (SSSR count). The highest BCUT2D eigenvalue weighted by atomic mass is 16.6. The van der Waals surface area contributed by atoms with Crippen LogP contribution in [0.1, 0.15) is 11.3 Å². The Morgan fingerprint density at radius 1 is 1.41 bits per heavy atom. The standard InChI is InChI=1S/C11H12N4O2/c1-8-10(15(16)17)11(14-13-8)12-7-9-5-3-2-4-6-9/h2-6H,7H2,1H3,(H2,12,13,14). The normalized spacial score (nSPS) is 10.2. The van der Waals surface area contributed by atoms with E-state index in [0.29, 0.717) is 12.2 Å². The number of aryl methyl sites for hydroxylation is 1. The molecule has 2 aromatic rings. The number of hydrogen-bond donors (Lipinski definition) is 2. The van der Waals surface area contributed by atoms with E-state index in [4.69, 9.17) is 0 Å². The highest BCUT2D eigenvalue weighted by Gasteiger charge is 2.20. The first-order valence-corrected chi connectivity index (χ1v) is 5.15. The second-order valence-corrected chi connectivity index (χ2v) is 3.64. The van der Waals surface area contributed by atoms with Crippen molar-refractivity contribution in [2.45, 2.75) is 13.5 Å². The van der Waals surface area contributed by atoms with Crippen molar-refractivity contribution in [1.29, 1.82) is 0 Å². The lowest BCUT2D eigenvalue weighted by Crippen LogP contribution is -2.02. The maximum atomic E-state index is 10.8. The summed E-state index contributed by atoms with van der Waals surface area (Å²) in [6.45, 7) is 2.13. The van der Waals surface area contributed by atoms with E-state index in [1.807, 2.05) is 30.3 Å². The van der Waals surface area contributed by atoms with Crippen LogP contribution in [0.5, 0.6) is 0 Å². The first-order valence-electron chi connectivity index (χ1n) is 5.15. The molecule has 0 saturated carbocycles. The summed E-state index contributed by atoms with van der Waals surface area (Å²) in [5, 5.41) is 20.2. The number of anilines is 1. The number of rotatable bonds is 4. The maximum absolute atomic E-state index is 10.8. The zero-order chi connectivity index (χ0) is 12.3. The lowest BCUT2D eigenvalue weighted by molar-refractivity contribution is -0.384. The van der Waals surface area contributed by atoms with E-state index in [-0.39, 0.29) is 11.5 Å². The van der Waals surface area contributed by atoms with Crippen LogP contribution in [-0.2, 0) is 6.54 Å². The van der Waals surface area contributed by atoms with Gasteiger partial charge in [0, 0.05) is 6.54 Å². The lowest BCUT2D eigenvalue weighted by Gasteiger charge is -2.02. The van der Waals surface area contributed by atoms with Gasteiger partial charge in [-0.3, -0.25) is 15.2 Å². The zero-order valence-electron chi connectivity index (χ0n) is 9.30. The Morgan fingerprint density at radius 2 is 2.12 bits per heavy atom. The molecule has 6 heteroatoms. The van der Waals surface area contributed by atoms with E-state index in [2.05, 4.69) is 15.5 Å². The molecule has 1 aromatic carbocycles. The third kappa shape index (κ3) is 2.41. The van der Waals surface area contributed by atoms with Gasteiger partial charge in [-0.25, -0.2) is 0 Å². The zero-order valence-corrected chi connectivity index (χ0v) is 9.30. The van der Waals surface area contributed by atoms with Gasteiger partial charge in [-0.05, 0) is 12.5 Å². The summed E-state index contributed by atoms with van der Waals surface area (Å²) in [5.41, 5.74) is 1.49. The van der Waals surface area contributed by atoms with Gasteiger partial charge < -0.3 is 5.32 Å². The second kappa shape index (κ2) is 4.65. The van der Waals surface area contributed by atoms with Crippen molar-refractivity contribution < 1.29 is 4.92 Å². The summed E-state index contributed by atoms with van der Waals surface area (Å²) >= 11 is 0. The first kappa shape index (κ1) is 11.1. The molecule has 0 saturated heterocycles. The number of hydrogen-bond acceptors (Lipinski definition) is 4. The fourth-order valence-electron chi connectivity index (χ4n) is 1.55. The Labute approximate surface area is 97.8 Å². The van der Waals surface area contributed by atoms with Gasteiger partial charge in [0.15, 0.2) is 0 Å². The van der Waals surface area contributed by atoms with Crippen LogP contribution in [0.2, 0.25) is 0 Å². The maximum Gasteiger partial charge on any atom is 0.333 e. The van der Waals surface area contributed by atoms with Crippen molar-refractivity contribution in [2.24, 2.45) is 0 Å². The van der Waals surface area contributed by atoms with E-state index < -0.39 is 4.92 Å². The van der Waals surface area contributed by atoms with E-state index >= 15 is 0 Å². The molecule has 0 bridgehead atoms. The van der Waals surface area contributed by atoms with Gasteiger partial charge >= 0.3 is 5.69 Å². The van der Waals surface area contributed by atoms with E-state index in [0.717, 1.165) is 5.56 Å². The number of nitrogens with zero attached hydrogens (tertiary/aromatic N) is 2. The summed E-state index contributed by atoms with van der Waals surface area (Å²) < 4.78 is 0. The number of benzene rings is 1. The molecule has 0 atom stereocenters. The predicted octanol–water partition coefficient (Wildman–Crippen LogP) is 2.24. The number of H-pyrrole nitrogens is 1.